The zero-order valence-electron chi connectivity index (χ0n) is 22.5. The van der Waals surface area contributed by atoms with Crippen LogP contribution in [0, 0.1) is 0 Å². The summed E-state index contributed by atoms with van der Waals surface area (Å²) < 4.78 is 17.7. The van der Waals surface area contributed by atoms with Crippen LogP contribution in [0.3, 0.4) is 0 Å². The van der Waals surface area contributed by atoms with Crippen molar-refractivity contribution in [3.05, 3.63) is 75.8 Å². The van der Waals surface area contributed by atoms with E-state index in [0.717, 1.165) is 11.1 Å². The van der Waals surface area contributed by atoms with E-state index in [9.17, 15) is 19.8 Å². The minimum atomic E-state index is -1.08. The van der Waals surface area contributed by atoms with Crippen LogP contribution in [0.2, 0.25) is 0 Å². The van der Waals surface area contributed by atoms with Crippen molar-refractivity contribution < 1.29 is 34.0 Å². The molecular formula is C30H27BrN2O7S. The number of thiazole rings is 1. The molecule has 1 aliphatic rings. The number of rotatable bonds is 9. The number of carbonyl (C=O) groups excluding carboxylic acids is 2. The molecule has 0 spiro atoms. The van der Waals surface area contributed by atoms with Crippen LogP contribution in [0.4, 0.5) is 5.13 Å². The van der Waals surface area contributed by atoms with Gasteiger partial charge in [0, 0.05) is 5.56 Å². The number of anilines is 1. The first-order chi connectivity index (χ1) is 19.8. The fraction of sp³-hybridized carbons (Fsp3) is 0.233. The minimum Gasteiger partial charge on any atom is -0.507 e. The predicted octanol–water partition coefficient (Wildman–Crippen LogP) is 6.59. The molecule has 1 fully saturated rings. The summed E-state index contributed by atoms with van der Waals surface area (Å²) in [5.74, 6) is -0.913. The summed E-state index contributed by atoms with van der Waals surface area (Å²) in [6.45, 7) is 4.85. The number of aliphatic hydroxyl groups excluding tert-OH is 1. The lowest BCUT2D eigenvalue weighted by molar-refractivity contribution is -0.132. The van der Waals surface area contributed by atoms with Crippen LogP contribution < -0.4 is 19.1 Å². The van der Waals surface area contributed by atoms with Crippen molar-refractivity contribution in [2.45, 2.75) is 26.3 Å². The number of aliphatic hydroxyl groups is 1. The lowest BCUT2D eigenvalue weighted by Gasteiger charge is -2.24. The highest BCUT2D eigenvalue weighted by atomic mass is 79.9. The molecule has 4 aromatic rings. The molecule has 212 valence electrons. The topological polar surface area (TPSA) is 118 Å². The van der Waals surface area contributed by atoms with Gasteiger partial charge in [-0.2, -0.15) is 0 Å². The van der Waals surface area contributed by atoms with E-state index in [2.05, 4.69) is 20.9 Å². The average molecular weight is 640 g/mol. The molecule has 2 heterocycles. The first-order valence-corrected chi connectivity index (χ1v) is 14.5. The molecule has 0 radical (unpaired) electrons. The second kappa shape index (κ2) is 11.8. The van der Waals surface area contributed by atoms with Gasteiger partial charge in [-0.15, -0.1) is 0 Å². The number of halogens is 1. The van der Waals surface area contributed by atoms with Gasteiger partial charge in [-0.1, -0.05) is 30.4 Å². The van der Waals surface area contributed by atoms with E-state index >= 15 is 0 Å². The molecule has 0 saturated carbocycles. The van der Waals surface area contributed by atoms with E-state index < -0.39 is 17.7 Å². The summed E-state index contributed by atoms with van der Waals surface area (Å²) in [7, 11) is 1.40. The van der Waals surface area contributed by atoms with Crippen molar-refractivity contribution in [2.75, 3.05) is 25.2 Å². The van der Waals surface area contributed by atoms with Crippen LogP contribution in [0.1, 0.15) is 37.4 Å². The standard InChI is InChI=1S/C30H27BrN2O7S/c1-4-11-40-18-8-6-7-16(12-18)26(34)24-25(17-13-20(31)27(35)22(14-17)38-3)33(29(37)28(24)36)30-32-21-10-9-19(39-5-2)15-23(21)41-30/h6-10,12-15,25,34-35H,4-5,11H2,1-3H3. The number of phenols is 1. The summed E-state index contributed by atoms with van der Waals surface area (Å²) in [5, 5.41) is 22.3. The van der Waals surface area contributed by atoms with E-state index in [1.165, 1.54) is 29.4 Å². The third-order valence-electron chi connectivity index (χ3n) is 6.48. The Hall–Kier alpha value is -4.09. The van der Waals surface area contributed by atoms with E-state index in [4.69, 9.17) is 14.2 Å². The second-order valence-electron chi connectivity index (χ2n) is 9.16. The summed E-state index contributed by atoms with van der Waals surface area (Å²) in [6.07, 6.45) is 0.799. The molecule has 0 aliphatic carbocycles. The lowest BCUT2D eigenvalue weighted by atomic mass is 9.95. The third-order valence-corrected chi connectivity index (χ3v) is 8.10. The molecule has 11 heteroatoms. The third kappa shape index (κ3) is 5.34. The maximum absolute atomic E-state index is 13.7. The van der Waals surface area contributed by atoms with Crippen LogP contribution >= 0.6 is 27.3 Å². The van der Waals surface area contributed by atoms with Crippen molar-refractivity contribution in [2.24, 2.45) is 0 Å². The number of aromatic hydroxyl groups is 1. The van der Waals surface area contributed by atoms with Crippen LogP contribution in [-0.4, -0.2) is 47.2 Å². The Kier molecular flexibility index (Phi) is 8.18. The van der Waals surface area contributed by atoms with Crippen molar-refractivity contribution in [3.63, 3.8) is 0 Å². The summed E-state index contributed by atoms with van der Waals surface area (Å²) >= 11 is 4.56. The summed E-state index contributed by atoms with van der Waals surface area (Å²) in [6, 6.07) is 14.1. The monoisotopic (exact) mass is 638 g/mol. The molecular weight excluding hydrogens is 612 g/mol. The van der Waals surface area contributed by atoms with Crippen LogP contribution in [0.15, 0.2) is 64.6 Å². The summed E-state index contributed by atoms with van der Waals surface area (Å²) in [5.41, 5.74) is 1.23. The number of carbonyl (C=O) groups is 2. The molecule has 9 nitrogen and oxygen atoms in total. The lowest BCUT2D eigenvalue weighted by Crippen LogP contribution is -2.29. The van der Waals surface area contributed by atoms with Gasteiger partial charge >= 0.3 is 5.91 Å². The van der Waals surface area contributed by atoms with Gasteiger partial charge in [0.1, 0.15) is 17.3 Å². The zero-order chi connectivity index (χ0) is 29.3. The first-order valence-electron chi connectivity index (χ1n) is 12.9. The Balaban J connectivity index is 1.71. The fourth-order valence-electron chi connectivity index (χ4n) is 4.61. The average Bonchev–Trinajstić information content (AvgIpc) is 3.50. The highest BCUT2D eigenvalue weighted by Gasteiger charge is 2.48. The Bertz CT molecular complexity index is 1680. The van der Waals surface area contributed by atoms with Crippen molar-refractivity contribution in [1.82, 2.24) is 4.98 Å². The number of phenolic OH excluding ortho intramolecular Hbond substituents is 1. The molecule has 1 aromatic heterocycles. The number of nitrogens with zero attached hydrogens (tertiary/aromatic N) is 2. The smallest absolute Gasteiger partial charge is 0.301 e. The van der Waals surface area contributed by atoms with Gasteiger partial charge in [0.2, 0.25) is 0 Å². The molecule has 41 heavy (non-hydrogen) atoms. The van der Waals surface area contributed by atoms with E-state index in [-0.39, 0.29) is 32.4 Å². The van der Waals surface area contributed by atoms with Gasteiger partial charge in [0.25, 0.3) is 5.78 Å². The van der Waals surface area contributed by atoms with Crippen LogP contribution in [-0.2, 0) is 9.59 Å². The zero-order valence-corrected chi connectivity index (χ0v) is 24.9. The largest absolute Gasteiger partial charge is 0.507 e. The normalized spacial score (nSPS) is 16.4. The Morgan fingerprint density at radius 1 is 1.07 bits per heavy atom. The Morgan fingerprint density at radius 2 is 1.85 bits per heavy atom. The predicted molar refractivity (Wildman–Crippen MR) is 160 cm³/mol. The molecule has 1 aliphatic heterocycles. The molecule has 5 rings (SSSR count). The molecule has 1 atom stereocenters. The number of aromatic nitrogens is 1. The van der Waals surface area contributed by atoms with Gasteiger partial charge in [0.15, 0.2) is 16.6 Å². The number of fused-ring (bicyclic) bond motifs is 1. The number of ether oxygens (including phenoxy) is 3. The maximum Gasteiger partial charge on any atom is 0.301 e. The number of Topliss-reactive ketones (excluding diaryl/α,β-unsaturated/α-hetero) is 1. The molecule has 3 aromatic carbocycles. The Morgan fingerprint density at radius 3 is 2.59 bits per heavy atom. The van der Waals surface area contributed by atoms with E-state index in [1.807, 2.05) is 19.9 Å². The maximum atomic E-state index is 13.7. The van der Waals surface area contributed by atoms with Crippen LogP contribution in [0.25, 0.3) is 16.0 Å². The minimum absolute atomic E-state index is 0.126. The van der Waals surface area contributed by atoms with Crippen molar-refractivity contribution in [3.8, 4) is 23.0 Å². The van der Waals surface area contributed by atoms with Gasteiger partial charge < -0.3 is 24.4 Å². The van der Waals surface area contributed by atoms with Crippen molar-refractivity contribution in [1.29, 1.82) is 0 Å². The Labute approximate surface area is 248 Å². The highest BCUT2D eigenvalue weighted by molar-refractivity contribution is 9.10. The molecule has 1 unspecified atom stereocenters. The van der Waals surface area contributed by atoms with Gasteiger partial charge in [-0.3, -0.25) is 14.5 Å². The number of amides is 1. The number of ketones is 1. The SMILES string of the molecule is CCCOc1cccc(C(O)=C2C(=O)C(=O)N(c3nc4ccc(OCC)cc4s3)C2c2cc(Br)c(O)c(OC)c2)c1. The van der Waals surface area contributed by atoms with E-state index in [0.29, 0.717) is 41.4 Å². The fourth-order valence-corrected chi connectivity index (χ4v) is 6.09. The van der Waals surface area contributed by atoms with Crippen LogP contribution in [0.5, 0.6) is 23.0 Å². The quantitative estimate of drug-likeness (QED) is 0.120. The highest BCUT2D eigenvalue weighted by Crippen LogP contribution is 2.47. The molecule has 1 amide bonds. The number of hydrogen-bond acceptors (Lipinski definition) is 9. The number of hydrogen-bond donors (Lipinski definition) is 2. The van der Waals surface area contributed by atoms with E-state index in [1.54, 1.807) is 42.5 Å². The van der Waals surface area contributed by atoms with Gasteiger partial charge in [0.05, 0.1) is 46.6 Å². The molecule has 0 bridgehead atoms. The van der Waals surface area contributed by atoms with Crippen molar-refractivity contribution >= 4 is 60.1 Å². The van der Waals surface area contributed by atoms with Gasteiger partial charge in [-0.05, 0) is 77.3 Å². The number of methoxy groups -OCH3 is 1. The summed E-state index contributed by atoms with van der Waals surface area (Å²) in [4.78, 5) is 33.2. The second-order valence-corrected chi connectivity index (χ2v) is 11.0. The first kappa shape index (κ1) is 28.4. The van der Waals surface area contributed by atoms with Gasteiger partial charge in [-0.25, -0.2) is 4.98 Å². The molecule has 1 saturated heterocycles. The number of benzene rings is 3. The molecule has 2 N–H and O–H groups in total.